The van der Waals surface area contributed by atoms with E-state index in [-0.39, 0.29) is 18.6 Å². The summed E-state index contributed by atoms with van der Waals surface area (Å²) in [5.74, 6) is -2.96. The number of aliphatic hydroxyl groups excluding tert-OH is 1. The summed E-state index contributed by atoms with van der Waals surface area (Å²) in [6, 6.07) is 26.5. The van der Waals surface area contributed by atoms with Crippen molar-refractivity contribution in [1.29, 1.82) is 0 Å². The summed E-state index contributed by atoms with van der Waals surface area (Å²) in [6.45, 7) is 0. The monoisotopic (exact) mass is 498 g/mol. The number of ketones is 1. The first-order chi connectivity index (χ1) is 17.9. The third-order valence-corrected chi connectivity index (χ3v) is 6.80. The van der Waals surface area contributed by atoms with Gasteiger partial charge in [-0.05, 0) is 41.3 Å². The molecule has 0 bridgehead atoms. The Hall–Kier alpha value is -4.03. The van der Waals surface area contributed by atoms with Gasteiger partial charge in [-0.3, -0.25) is 9.59 Å². The highest BCUT2D eigenvalue weighted by Gasteiger charge is 2.44. The number of carboxylic acids is 1. The molecule has 1 saturated carbocycles. The lowest BCUT2D eigenvalue weighted by Crippen LogP contribution is -2.26. The normalized spacial score (nSPS) is 21.1. The van der Waals surface area contributed by atoms with Gasteiger partial charge in [0.1, 0.15) is 6.10 Å². The van der Waals surface area contributed by atoms with Crippen LogP contribution in [0.25, 0.3) is 11.1 Å². The van der Waals surface area contributed by atoms with E-state index in [9.17, 15) is 24.6 Å². The number of carbonyl (C=O) groups excluding carboxylic acids is 2. The van der Waals surface area contributed by atoms with Crippen LogP contribution in [0, 0.1) is 11.8 Å². The SMILES string of the molecule is O=C(O)C[C@H]1[C@H](C=CC(=O)CCc2ccccc2)[C@@H](OC(=O)c2ccc(-c3ccccc3)cc2)C[C@H]1O. The molecule has 1 aliphatic carbocycles. The molecule has 4 atom stereocenters. The number of hydrogen-bond acceptors (Lipinski definition) is 5. The van der Waals surface area contributed by atoms with Gasteiger partial charge < -0.3 is 14.9 Å². The molecule has 0 saturated heterocycles. The van der Waals surface area contributed by atoms with Crippen molar-refractivity contribution in [2.45, 2.75) is 37.9 Å². The summed E-state index contributed by atoms with van der Waals surface area (Å²) in [7, 11) is 0. The molecule has 0 unspecified atom stereocenters. The van der Waals surface area contributed by atoms with Gasteiger partial charge in [-0.25, -0.2) is 4.79 Å². The number of carbonyl (C=O) groups is 3. The minimum Gasteiger partial charge on any atom is -0.481 e. The first kappa shape index (κ1) is 26.0. The summed E-state index contributed by atoms with van der Waals surface area (Å²) in [5.41, 5.74) is 3.40. The minimum absolute atomic E-state index is 0.110. The summed E-state index contributed by atoms with van der Waals surface area (Å²) in [4.78, 5) is 36.9. The van der Waals surface area contributed by atoms with Crippen LogP contribution in [0.1, 0.15) is 35.2 Å². The maximum absolute atomic E-state index is 12.9. The Labute approximate surface area is 216 Å². The number of rotatable bonds is 10. The van der Waals surface area contributed by atoms with Crippen LogP contribution in [0.3, 0.4) is 0 Å². The van der Waals surface area contributed by atoms with Crippen molar-refractivity contribution in [2.75, 3.05) is 0 Å². The van der Waals surface area contributed by atoms with Crippen molar-refractivity contribution in [1.82, 2.24) is 0 Å². The first-order valence-corrected chi connectivity index (χ1v) is 12.4. The number of aryl methyl sites for hydroxylation is 1. The smallest absolute Gasteiger partial charge is 0.338 e. The number of esters is 1. The number of aliphatic carboxylic acids is 1. The Kier molecular flexibility index (Phi) is 8.64. The highest BCUT2D eigenvalue weighted by Crippen LogP contribution is 2.38. The zero-order chi connectivity index (χ0) is 26.2. The van der Waals surface area contributed by atoms with Crippen molar-refractivity contribution >= 4 is 17.7 Å². The Balaban J connectivity index is 1.44. The van der Waals surface area contributed by atoms with E-state index in [0.29, 0.717) is 18.4 Å². The summed E-state index contributed by atoms with van der Waals surface area (Å²) in [5, 5.41) is 19.9. The Morgan fingerprint density at radius 1 is 0.865 bits per heavy atom. The largest absolute Gasteiger partial charge is 0.481 e. The molecular formula is C31H30O6. The zero-order valence-corrected chi connectivity index (χ0v) is 20.4. The average molecular weight is 499 g/mol. The van der Waals surface area contributed by atoms with Crippen LogP contribution in [-0.4, -0.2) is 40.1 Å². The number of allylic oxidation sites excluding steroid dienone is 1. The maximum atomic E-state index is 12.9. The van der Waals surface area contributed by atoms with Gasteiger partial charge >= 0.3 is 11.9 Å². The van der Waals surface area contributed by atoms with E-state index >= 15 is 0 Å². The molecule has 37 heavy (non-hydrogen) atoms. The van der Waals surface area contributed by atoms with Crippen LogP contribution in [-0.2, 0) is 20.7 Å². The quantitative estimate of drug-likeness (QED) is 0.298. The van der Waals surface area contributed by atoms with Crippen LogP contribution < -0.4 is 0 Å². The molecule has 0 amide bonds. The molecule has 4 rings (SSSR count). The number of aliphatic hydroxyl groups is 1. The second-order valence-corrected chi connectivity index (χ2v) is 9.34. The third kappa shape index (κ3) is 7.02. The molecule has 0 aromatic heterocycles. The van der Waals surface area contributed by atoms with E-state index in [1.807, 2.05) is 72.8 Å². The fraction of sp³-hybridized carbons (Fsp3) is 0.258. The van der Waals surface area contributed by atoms with Crippen molar-refractivity contribution in [2.24, 2.45) is 11.8 Å². The molecule has 3 aromatic carbocycles. The third-order valence-electron chi connectivity index (χ3n) is 6.80. The molecule has 1 aliphatic rings. The van der Waals surface area contributed by atoms with Gasteiger partial charge in [-0.1, -0.05) is 78.9 Å². The second kappa shape index (κ2) is 12.3. The Morgan fingerprint density at radius 2 is 1.49 bits per heavy atom. The molecule has 3 aromatic rings. The molecule has 1 fully saturated rings. The molecule has 190 valence electrons. The van der Waals surface area contributed by atoms with Gasteiger partial charge in [0.15, 0.2) is 5.78 Å². The molecule has 6 nitrogen and oxygen atoms in total. The average Bonchev–Trinajstić information content (AvgIpc) is 3.20. The molecule has 2 N–H and O–H groups in total. The zero-order valence-electron chi connectivity index (χ0n) is 20.4. The topological polar surface area (TPSA) is 101 Å². The molecule has 0 heterocycles. The standard InChI is InChI=1S/C31H30O6/c32-25(16-11-21-7-3-1-4-8-21)17-18-26-27(19-30(34)35)28(33)20-29(26)37-31(36)24-14-12-23(13-15-24)22-9-5-2-6-10-22/h1-10,12-15,17-18,26-29,33H,11,16,19-20H2,(H,34,35)/t26-,27-,28+,29-/m0/s1. The van der Waals surface area contributed by atoms with Crippen LogP contribution >= 0.6 is 0 Å². The van der Waals surface area contributed by atoms with Crippen LogP contribution in [0.4, 0.5) is 0 Å². The minimum atomic E-state index is -1.05. The van der Waals surface area contributed by atoms with E-state index in [2.05, 4.69) is 0 Å². The van der Waals surface area contributed by atoms with E-state index in [0.717, 1.165) is 16.7 Å². The van der Waals surface area contributed by atoms with Crippen molar-refractivity contribution < 1.29 is 29.3 Å². The summed E-state index contributed by atoms with van der Waals surface area (Å²) in [6.07, 6.45) is 2.06. The van der Waals surface area contributed by atoms with Crippen LogP contribution in [0.5, 0.6) is 0 Å². The number of ether oxygens (including phenoxy) is 1. The maximum Gasteiger partial charge on any atom is 0.338 e. The number of benzene rings is 3. The highest BCUT2D eigenvalue weighted by atomic mass is 16.5. The lowest BCUT2D eigenvalue weighted by molar-refractivity contribution is -0.139. The fourth-order valence-corrected chi connectivity index (χ4v) is 4.82. The van der Waals surface area contributed by atoms with Crippen molar-refractivity contribution in [3.63, 3.8) is 0 Å². The molecular weight excluding hydrogens is 468 g/mol. The summed E-state index contributed by atoms with van der Waals surface area (Å²) < 4.78 is 5.74. The molecule has 6 heteroatoms. The van der Waals surface area contributed by atoms with Crippen LogP contribution in [0.15, 0.2) is 97.1 Å². The van der Waals surface area contributed by atoms with Crippen molar-refractivity contribution in [3.8, 4) is 11.1 Å². The summed E-state index contributed by atoms with van der Waals surface area (Å²) >= 11 is 0. The molecule has 0 spiro atoms. The Bertz CT molecular complexity index is 1230. The Morgan fingerprint density at radius 3 is 2.14 bits per heavy atom. The lowest BCUT2D eigenvalue weighted by Gasteiger charge is -2.21. The van der Waals surface area contributed by atoms with Gasteiger partial charge in [0.05, 0.1) is 18.1 Å². The highest BCUT2D eigenvalue weighted by molar-refractivity contribution is 5.91. The molecule has 0 radical (unpaired) electrons. The van der Waals surface area contributed by atoms with Gasteiger partial charge in [-0.15, -0.1) is 0 Å². The predicted octanol–water partition coefficient (Wildman–Crippen LogP) is 5.11. The van der Waals surface area contributed by atoms with Gasteiger partial charge in [-0.2, -0.15) is 0 Å². The van der Waals surface area contributed by atoms with Crippen molar-refractivity contribution in [3.05, 3.63) is 108 Å². The number of carboxylic acid groups (broad SMARTS) is 1. The van der Waals surface area contributed by atoms with E-state index in [1.54, 1.807) is 18.2 Å². The fourth-order valence-electron chi connectivity index (χ4n) is 4.82. The lowest BCUT2D eigenvalue weighted by atomic mass is 9.89. The molecule has 0 aliphatic heterocycles. The van der Waals surface area contributed by atoms with E-state index in [4.69, 9.17) is 4.74 Å². The van der Waals surface area contributed by atoms with E-state index < -0.39 is 36.0 Å². The van der Waals surface area contributed by atoms with Gasteiger partial charge in [0, 0.05) is 24.7 Å². The first-order valence-electron chi connectivity index (χ1n) is 12.4. The second-order valence-electron chi connectivity index (χ2n) is 9.34. The van der Waals surface area contributed by atoms with Crippen LogP contribution in [0.2, 0.25) is 0 Å². The van der Waals surface area contributed by atoms with Gasteiger partial charge in [0.25, 0.3) is 0 Å². The van der Waals surface area contributed by atoms with E-state index in [1.165, 1.54) is 6.08 Å². The number of hydrogen-bond donors (Lipinski definition) is 2. The van der Waals surface area contributed by atoms with Gasteiger partial charge in [0.2, 0.25) is 0 Å². The predicted molar refractivity (Wildman–Crippen MR) is 140 cm³/mol.